The van der Waals surface area contributed by atoms with Crippen molar-refractivity contribution in [3.8, 4) is 6.07 Å². The van der Waals surface area contributed by atoms with E-state index < -0.39 is 0 Å². The minimum absolute atomic E-state index is 0.0190. The smallest absolute Gasteiger partial charge is 0.230 e. The lowest BCUT2D eigenvalue weighted by Crippen LogP contribution is -2.48. The molecule has 2 rings (SSSR count). The molecule has 82 valence electrons. The third kappa shape index (κ3) is 2.23. The van der Waals surface area contributed by atoms with Gasteiger partial charge in [-0.15, -0.1) is 0 Å². The van der Waals surface area contributed by atoms with E-state index in [2.05, 4.69) is 32.6 Å². The van der Waals surface area contributed by atoms with Crippen molar-refractivity contribution >= 4 is 27.5 Å². The van der Waals surface area contributed by atoms with E-state index in [1.165, 1.54) is 0 Å². The number of benzene rings is 1. The zero-order chi connectivity index (χ0) is 11.5. The molecule has 1 aromatic carbocycles. The molecule has 1 heterocycles. The van der Waals surface area contributed by atoms with Crippen molar-refractivity contribution in [1.29, 1.82) is 5.26 Å². The van der Waals surface area contributed by atoms with E-state index in [-0.39, 0.29) is 11.8 Å². The standard InChI is InChI=1S/C11H10BrN3O/c12-9-2-1-7(4-13)10(3-9)15-11(16)8-5-14-6-8/h1-3,8,14H,5-6H2,(H,15,16). The fourth-order valence-electron chi connectivity index (χ4n) is 1.43. The van der Waals surface area contributed by atoms with Crippen molar-refractivity contribution in [2.75, 3.05) is 18.4 Å². The van der Waals surface area contributed by atoms with Gasteiger partial charge >= 0.3 is 0 Å². The van der Waals surface area contributed by atoms with Crippen LogP contribution in [0.4, 0.5) is 5.69 Å². The SMILES string of the molecule is N#Cc1ccc(Br)cc1NC(=O)C1CNC1. The van der Waals surface area contributed by atoms with Crippen LogP contribution >= 0.6 is 15.9 Å². The number of anilines is 1. The topological polar surface area (TPSA) is 64.9 Å². The summed E-state index contributed by atoms with van der Waals surface area (Å²) < 4.78 is 0.841. The first-order valence-electron chi connectivity index (χ1n) is 4.92. The average molecular weight is 280 g/mol. The van der Waals surface area contributed by atoms with Gasteiger partial charge in [0.25, 0.3) is 0 Å². The first-order valence-corrected chi connectivity index (χ1v) is 5.71. The van der Waals surface area contributed by atoms with Crippen LogP contribution in [0, 0.1) is 17.2 Å². The lowest BCUT2D eigenvalue weighted by atomic mass is 10.0. The van der Waals surface area contributed by atoms with Crippen LogP contribution in [0.5, 0.6) is 0 Å². The molecule has 0 saturated carbocycles. The first kappa shape index (κ1) is 11.1. The number of hydrogen-bond acceptors (Lipinski definition) is 3. The van der Waals surface area contributed by atoms with Gasteiger partial charge in [-0.25, -0.2) is 0 Å². The van der Waals surface area contributed by atoms with Gasteiger partial charge in [0.05, 0.1) is 17.2 Å². The van der Waals surface area contributed by atoms with Crippen LogP contribution in [0.2, 0.25) is 0 Å². The number of hydrogen-bond donors (Lipinski definition) is 2. The second-order valence-corrected chi connectivity index (χ2v) is 4.56. The number of nitrogens with zero attached hydrogens (tertiary/aromatic N) is 1. The van der Waals surface area contributed by atoms with Crippen molar-refractivity contribution in [2.24, 2.45) is 5.92 Å². The van der Waals surface area contributed by atoms with Crippen LogP contribution in [0.15, 0.2) is 22.7 Å². The summed E-state index contributed by atoms with van der Waals surface area (Å²) in [5.41, 5.74) is 1.04. The third-order valence-corrected chi connectivity index (χ3v) is 3.01. The van der Waals surface area contributed by atoms with Gasteiger partial charge in [0, 0.05) is 17.6 Å². The van der Waals surface area contributed by atoms with Crippen LogP contribution in [0.1, 0.15) is 5.56 Å². The molecule has 2 N–H and O–H groups in total. The van der Waals surface area contributed by atoms with Gasteiger partial charge < -0.3 is 10.6 Å². The summed E-state index contributed by atoms with van der Waals surface area (Å²) in [4.78, 5) is 11.7. The molecule has 0 radical (unpaired) electrons. The highest BCUT2D eigenvalue weighted by Gasteiger charge is 2.25. The van der Waals surface area contributed by atoms with Crippen LogP contribution < -0.4 is 10.6 Å². The van der Waals surface area contributed by atoms with E-state index in [0.29, 0.717) is 24.3 Å². The molecule has 0 atom stereocenters. The zero-order valence-corrected chi connectivity index (χ0v) is 10.0. The average Bonchev–Trinajstić information content (AvgIpc) is 2.15. The number of rotatable bonds is 2. The quantitative estimate of drug-likeness (QED) is 0.862. The lowest BCUT2D eigenvalue weighted by Gasteiger charge is -2.25. The fourth-order valence-corrected chi connectivity index (χ4v) is 1.79. The van der Waals surface area contributed by atoms with Gasteiger partial charge in [-0.2, -0.15) is 5.26 Å². The Morgan fingerprint density at radius 1 is 1.56 bits per heavy atom. The van der Waals surface area contributed by atoms with Crippen molar-refractivity contribution in [1.82, 2.24) is 5.32 Å². The summed E-state index contributed by atoms with van der Waals surface area (Å²) in [6.45, 7) is 1.42. The minimum Gasteiger partial charge on any atom is -0.325 e. The second kappa shape index (κ2) is 4.64. The highest BCUT2D eigenvalue weighted by atomic mass is 79.9. The molecular formula is C11H10BrN3O. The maximum absolute atomic E-state index is 11.7. The van der Waals surface area contributed by atoms with Gasteiger partial charge in [-0.3, -0.25) is 4.79 Å². The largest absolute Gasteiger partial charge is 0.325 e. The Morgan fingerprint density at radius 2 is 2.31 bits per heavy atom. The number of nitrogens with one attached hydrogen (secondary N) is 2. The van der Waals surface area contributed by atoms with Crippen molar-refractivity contribution < 1.29 is 4.79 Å². The Morgan fingerprint density at radius 3 is 2.88 bits per heavy atom. The highest BCUT2D eigenvalue weighted by Crippen LogP contribution is 2.21. The summed E-state index contributed by atoms with van der Waals surface area (Å²) in [5, 5.41) is 14.7. The van der Waals surface area contributed by atoms with Gasteiger partial charge in [0.2, 0.25) is 5.91 Å². The number of nitriles is 1. The Labute approximate surface area is 102 Å². The van der Waals surface area contributed by atoms with Gasteiger partial charge in [0.1, 0.15) is 6.07 Å². The molecule has 0 bridgehead atoms. The zero-order valence-electron chi connectivity index (χ0n) is 8.46. The third-order valence-electron chi connectivity index (χ3n) is 2.51. The summed E-state index contributed by atoms with van der Waals surface area (Å²) in [6.07, 6.45) is 0. The molecule has 1 aliphatic rings. The van der Waals surface area contributed by atoms with Crippen molar-refractivity contribution in [3.63, 3.8) is 0 Å². The molecule has 1 aromatic rings. The Bertz CT molecular complexity index is 463. The second-order valence-electron chi connectivity index (χ2n) is 3.65. The number of amides is 1. The Kier molecular flexibility index (Phi) is 3.22. The fraction of sp³-hybridized carbons (Fsp3) is 0.273. The molecule has 1 fully saturated rings. The van der Waals surface area contributed by atoms with Crippen LogP contribution in [-0.4, -0.2) is 19.0 Å². The Hall–Kier alpha value is -1.38. The summed E-state index contributed by atoms with van der Waals surface area (Å²) in [7, 11) is 0. The van der Waals surface area contributed by atoms with E-state index in [1.807, 2.05) is 0 Å². The molecule has 5 heteroatoms. The molecular weight excluding hydrogens is 270 g/mol. The van der Waals surface area contributed by atoms with E-state index in [4.69, 9.17) is 5.26 Å². The molecule has 1 saturated heterocycles. The number of halogens is 1. The summed E-state index contributed by atoms with van der Waals surface area (Å²) >= 11 is 3.31. The number of carbonyl (C=O) groups excluding carboxylic acids is 1. The van der Waals surface area contributed by atoms with Crippen LogP contribution in [0.25, 0.3) is 0 Å². The molecule has 16 heavy (non-hydrogen) atoms. The van der Waals surface area contributed by atoms with Crippen molar-refractivity contribution in [2.45, 2.75) is 0 Å². The molecule has 4 nitrogen and oxygen atoms in total. The predicted octanol–water partition coefficient (Wildman–Crippen LogP) is 1.48. The van der Waals surface area contributed by atoms with E-state index in [1.54, 1.807) is 18.2 Å². The Balaban J connectivity index is 2.16. The van der Waals surface area contributed by atoms with Crippen LogP contribution in [0.3, 0.4) is 0 Å². The van der Waals surface area contributed by atoms with Crippen molar-refractivity contribution in [3.05, 3.63) is 28.2 Å². The highest BCUT2D eigenvalue weighted by molar-refractivity contribution is 9.10. The van der Waals surface area contributed by atoms with E-state index in [0.717, 1.165) is 4.47 Å². The molecule has 0 spiro atoms. The minimum atomic E-state index is -0.0339. The summed E-state index contributed by atoms with van der Waals surface area (Å²) in [6, 6.07) is 7.25. The molecule has 0 unspecified atom stereocenters. The van der Waals surface area contributed by atoms with E-state index >= 15 is 0 Å². The maximum atomic E-state index is 11.7. The predicted molar refractivity (Wildman–Crippen MR) is 63.8 cm³/mol. The monoisotopic (exact) mass is 279 g/mol. The van der Waals surface area contributed by atoms with E-state index in [9.17, 15) is 4.79 Å². The van der Waals surface area contributed by atoms with Crippen LogP contribution in [-0.2, 0) is 4.79 Å². The lowest BCUT2D eigenvalue weighted by molar-refractivity contribution is -0.121. The van der Waals surface area contributed by atoms with Gasteiger partial charge in [-0.1, -0.05) is 15.9 Å². The first-order chi connectivity index (χ1) is 7.70. The molecule has 0 aromatic heterocycles. The molecule has 0 aliphatic carbocycles. The molecule has 1 amide bonds. The normalized spacial score (nSPS) is 15.0. The van der Waals surface area contributed by atoms with Gasteiger partial charge in [0.15, 0.2) is 0 Å². The van der Waals surface area contributed by atoms with Gasteiger partial charge in [-0.05, 0) is 18.2 Å². The summed E-state index contributed by atoms with van der Waals surface area (Å²) in [5.74, 6) is -0.0149. The number of carbonyl (C=O) groups is 1. The maximum Gasteiger partial charge on any atom is 0.230 e. The molecule has 1 aliphatic heterocycles.